The van der Waals surface area contributed by atoms with E-state index in [1.165, 1.54) is 11.6 Å². The van der Waals surface area contributed by atoms with Gasteiger partial charge in [0, 0.05) is 44.0 Å². The Morgan fingerprint density at radius 1 is 1.03 bits per heavy atom. The van der Waals surface area contributed by atoms with E-state index in [1.54, 1.807) is 12.0 Å². The van der Waals surface area contributed by atoms with Crippen LogP contribution in [0.2, 0.25) is 0 Å². The number of amides is 2. The van der Waals surface area contributed by atoms with Gasteiger partial charge in [-0.05, 0) is 80.3 Å². The molecule has 1 unspecified atom stereocenters. The summed E-state index contributed by atoms with van der Waals surface area (Å²) in [6.45, 7) is 3.39. The van der Waals surface area contributed by atoms with Crippen LogP contribution in [0.5, 0.6) is 5.75 Å². The lowest BCUT2D eigenvalue weighted by molar-refractivity contribution is -0.137. The van der Waals surface area contributed by atoms with Gasteiger partial charge < -0.3 is 14.5 Å². The molecule has 1 aliphatic carbocycles. The van der Waals surface area contributed by atoms with Crippen LogP contribution in [0, 0.1) is 5.92 Å². The average molecular weight is 529 g/mol. The Kier molecular flexibility index (Phi) is 6.74. The molecule has 3 fully saturated rings. The maximum atomic E-state index is 13.7. The fourth-order valence-corrected chi connectivity index (χ4v) is 6.90. The van der Waals surface area contributed by atoms with E-state index in [2.05, 4.69) is 22.0 Å². The number of piperidine rings is 1. The number of benzene rings is 1. The molecule has 4 heterocycles. The number of ether oxygens (including phenoxy) is 1. The smallest absolute Gasteiger partial charge is 0.417 e. The van der Waals surface area contributed by atoms with Crippen molar-refractivity contribution in [2.24, 2.45) is 5.92 Å². The highest BCUT2D eigenvalue weighted by Crippen LogP contribution is 2.44. The van der Waals surface area contributed by atoms with Crippen molar-refractivity contribution in [1.82, 2.24) is 19.7 Å². The number of halogens is 3. The van der Waals surface area contributed by atoms with Crippen molar-refractivity contribution in [2.45, 2.75) is 69.2 Å². The predicted molar refractivity (Wildman–Crippen MR) is 137 cm³/mol. The average Bonchev–Trinajstić information content (AvgIpc) is 3.69. The minimum absolute atomic E-state index is 0.0311. The number of nitrogens with zero attached hydrogens (tertiary/aromatic N) is 4. The zero-order valence-electron chi connectivity index (χ0n) is 21.8. The lowest BCUT2D eigenvalue weighted by Crippen LogP contribution is -2.53. The van der Waals surface area contributed by atoms with Crippen LogP contribution < -0.4 is 4.74 Å². The first kappa shape index (κ1) is 25.5. The Morgan fingerprint density at radius 2 is 1.79 bits per heavy atom. The number of fused-ring (bicyclic) bond motifs is 1. The molecule has 1 aromatic heterocycles. The minimum atomic E-state index is -4.44. The van der Waals surface area contributed by atoms with Crippen molar-refractivity contribution in [3.8, 4) is 5.75 Å². The minimum Gasteiger partial charge on any atom is -0.496 e. The van der Waals surface area contributed by atoms with Gasteiger partial charge in [0.15, 0.2) is 0 Å². The number of carbonyl (C=O) groups is 1. The summed E-state index contributed by atoms with van der Waals surface area (Å²) in [5.41, 5.74) is 1.71. The summed E-state index contributed by atoms with van der Waals surface area (Å²) in [5.74, 6) is 1.96. The molecule has 4 aliphatic rings. The lowest BCUT2D eigenvalue weighted by atomic mass is 9.87. The Balaban J connectivity index is 1.13. The second kappa shape index (κ2) is 10.1. The highest BCUT2D eigenvalue weighted by Gasteiger charge is 2.49. The van der Waals surface area contributed by atoms with Gasteiger partial charge in [-0.25, -0.2) is 4.79 Å². The van der Waals surface area contributed by atoms with Crippen LogP contribution in [0.1, 0.15) is 60.4 Å². The molecule has 38 heavy (non-hydrogen) atoms. The molecule has 0 radical (unpaired) electrons. The normalized spacial score (nSPS) is 24.9. The van der Waals surface area contributed by atoms with Crippen LogP contribution in [-0.2, 0) is 19.1 Å². The van der Waals surface area contributed by atoms with Gasteiger partial charge in [0.2, 0.25) is 0 Å². The molecule has 1 aromatic carbocycles. The summed E-state index contributed by atoms with van der Waals surface area (Å²) in [5, 5.41) is 0. The van der Waals surface area contributed by atoms with E-state index < -0.39 is 11.7 Å². The number of carbonyl (C=O) groups excluding carboxylic acids is 1. The van der Waals surface area contributed by atoms with Crippen molar-refractivity contribution < 1.29 is 22.7 Å². The van der Waals surface area contributed by atoms with Crippen LogP contribution in [-0.4, -0.2) is 71.1 Å². The molecule has 6 rings (SSSR count). The van der Waals surface area contributed by atoms with E-state index in [0.717, 1.165) is 57.1 Å². The number of aromatic nitrogens is 1. The molecule has 2 saturated heterocycles. The molecule has 2 atom stereocenters. The summed E-state index contributed by atoms with van der Waals surface area (Å²) in [7, 11) is 1.73. The molecule has 0 bridgehead atoms. The van der Waals surface area contributed by atoms with Crippen LogP contribution >= 0.6 is 0 Å². The fraction of sp³-hybridized carbons (Fsp3) is 0.586. The number of urea groups is 1. The number of hydrogen-bond donors (Lipinski definition) is 0. The van der Waals surface area contributed by atoms with Crippen LogP contribution in [0.25, 0.3) is 0 Å². The summed E-state index contributed by atoms with van der Waals surface area (Å²) in [4.78, 5) is 24.2. The molecule has 1 saturated carbocycles. The number of para-hydroxylation sites is 1. The first-order valence-electron chi connectivity index (χ1n) is 13.8. The summed E-state index contributed by atoms with van der Waals surface area (Å²) in [6.07, 6.45) is 2.33. The number of hydrogen-bond acceptors (Lipinski definition) is 4. The van der Waals surface area contributed by atoms with E-state index >= 15 is 0 Å². The van der Waals surface area contributed by atoms with Crippen LogP contribution in [0.15, 0.2) is 36.5 Å². The number of methoxy groups -OCH3 is 1. The molecule has 0 spiro atoms. The summed E-state index contributed by atoms with van der Waals surface area (Å²) in [6, 6.07) is 9.96. The molecule has 0 N–H and O–H groups in total. The van der Waals surface area contributed by atoms with Gasteiger partial charge in [0.1, 0.15) is 5.75 Å². The lowest BCUT2D eigenvalue weighted by Gasteiger charge is -2.41. The van der Waals surface area contributed by atoms with Gasteiger partial charge in [0.05, 0.1) is 18.7 Å². The highest BCUT2D eigenvalue weighted by atomic mass is 19.4. The third kappa shape index (κ3) is 4.85. The number of rotatable bonds is 4. The van der Waals surface area contributed by atoms with E-state index in [4.69, 9.17) is 4.74 Å². The van der Waals surface area contributed by atoms with Gasteiger partial charge in [-0.1, -0.05) is 18.2 Å². The van der Waals surface area contributed by atoms with Gasteiger partial charge >= 0.3 is 12.2 Å². The van der Waals surface area contributed by atoms with Crippen molar-refractivity contribution in [3.63, 3.8) is 0 Å². The van der Waals surface area contributed by atoms with Crippen molar-refractivity contribution in [2.75, 3.05) is 33.3 Å². The number of pyridine rings is 1. The quantitative estimate of drug-likeness (QED) is 0.539. The first-order chi connectivity index (χ1) is 18.3. The zero-order valence-corrected chi connectivity index (χ0v) is 21.8. The first-order valence-corrected chi connectivity index (χ1v) is 13.8. The third-order valence-corrected chi connectivity index (χ3v) is 8.99. The molecular formula is C29H35F3N4O2. The van der Waals surface area contributed by atoms with Crippen molar-refractivity contribution in [1.29, 1.82) is 0 Å². The van der Waals surface area contributed by atoms with E-state index in [9.17, 15) is 18.0 Å². The second-order valence-electron chi connectivity index (χ2n) is 11.2. The highest BCUT2D eigenvalue weighted by molar-refractivity contribution is 5.76. The van der Waals surface area contributed by atoms with E-state index in [-0.39, 0.29) is 18.6 Å². The SMILES string of the molecule is COc1ccccc1C1CCN(C2CCN(C(=O)N3CCc4ncc(C(F)(F)F)cc4C3)[C@@H]2C2CC2)CC1. The molecule has 204 valence electrons. The Hall–Kier alpha value is -2.81. The Bertz CT molecular complexity index is 1180. The van der Waals surface area contributed by atoms with Crippen molar-refractivity contribution >= 4 is 6.03 Å². The van der Waals surface area contributed by atoms with E-state index in [1.807, 2.05) is 17.0 Å². The predicted octanol–water partition coefficient (Wildman–Crippen LogP) is 5.32. The van der Waals surface area contributed by atoms with Crippen molar-refractivity contribution in [3.05, 3.63) is 58.9 Å². The van der Waals surface area contributed by atoms with Gasteiger partial charge in [-0.2, -0.15) is 13.2 Å². The maximum absolute atomic E-state index is 13.7. The zero-order chi connectivity index (χ0) is 26.4. The van der Waals surface area contributed by atoms with Crippen LogP contribution in [0.4, 0.5) is 18.0 Å². The number of alkyl halides is 3. The molecule has 6 nitrogen and oxygen atoms in total. The topological polar surface area (TPSA) is 48.9 Å². The second-order valence-corrected chi connectivity index (χ2v) is 11.2. The Labute approximate surface area is 221 Å². The third-order valence-electron chi connectivity index (χ3n) is 8.99. The van der Waals surface area contributed by atoms with Gasteiger partial charge in [-0.3, -0.25) is 9.88 Å². The maximum Gasteiger partial charge on any atom is 0.417 e. The summed E-state index contributed by atoms with van der Waals surface area (Å²) >= 11 is 0. The number of likely N-dealkylation sites (tertiary alicyclic amines) is 2. The molecular weight excluding hydrogens is 493 g/mol. The Morgan fingerprint density at radius 3 is 2.50 bits per heavy atom. The molecule has 2 aromatic rings. The standard InChI is InChI=1S/C29H35F3N4O2/c1-38-26-5-3-2-4-23(26)19-8-12-34(13-9-19)25-11-15-36(27(25)20-6-7-20)28(37)35-14-10-24-21(18-35)16-22(17-33-24)29(30,31)32/h2-5,16-17,19-20,25,27H,6-15,18H2,1H3/t25?,27-/m1/s1. The molecule has 3 aliphatic heterocycles. The monoisotopic (exact) mass is 528 g/mol. The largest absolute Gasteiger partial charge is 0.496 e. The molecule has 2 amide bonds. The van der Waals surface area contributed by atoms with Crippen LogP contribution in [0.3, 0.4) is 0 Å². The van der Waals surface area contributed by atoms with Gasteiger partial charge in [-0.15, -0.1) is 0 Å². The van der Waals surface area contributed by atoms with E-state index in [0.29, 0.717) is 48.6 Å². The summed E-state index contributed by atoms with van der Waals surface area (Å²) < 4.78 is 45.3. The molecule has 9 heteroatoms. The van der Waals surface area contributed by atoms with Gasteiger partial charge in [0.25, 0.3) is 0 Å². The fourth-order valence-electron chi connectivity index (χ4n) is 6.90.